The van der Waals surface area contributed by atoms with Crippen molar-refractivity contribution in [3.63, 3.8) is 0 Å². The number of carbonyl (C=O) groups is 1. The minimum Gasteiger partial charge on any atom is -0.383 e. The summed E-state index contributed by atoms with van der Waals surface area (Å²) in [6, 6.07) is 13.0. The number of hydrogen-bond donors (Lipinski definition) is 0. The molecule has 0 bridgehead atoms. The molecule has 0 aliphatic heterocycles. The van der Waals surface area contributed by atoms with Crippen molar-refractivity contribution < 1.29 is 9.53 Å². The molecular weight excluding hydrogens is 414 g/mol. The summed E-state index contributed by atoms with van der Waals surface area (Å²) in [5, 5.41) is 0.554. The van der Waals surface area contributed by atoms with Gasteiger partial charge in [0.1, 0.15) is 5.82 Å². The lowest BCUT2D eigenvalue weighted by Gasteiger charge is -2.32. The molecule has 2 aromatic carbocycles. The highest BCUT2D eigenvalue weighted by Crippen LogP contribution is 2.28. The van der Waals surface area contributed by atoms with Gasteiger partial charge in [-0.05, 0) is 55.5 Å². The van der Waals surface area contributed by atoms with Gasteiger partial charge in [-0.3, -0.25) is 14.2 Å². The Morgan fingerprint density at radius 1 is 1.15 bits per heavy atom. The largest absolute Gasteiger partial charge is 0.383 e. The lowest BCUT2D eigenvalue weighted by Crippen LogP contribution is -2.40. The van der Waals surface area contributed by atoms with Crippen LogP contribution in [0.1, 0.15) is 57.1 Å². The Bertz CT molecular complexity index is 1210. The molecular formula is C27H35N3O3. The molecule has 1 atom stereocenters. The molecule has 0 spiro atoms. The first kappa shape index (κ1) is 24.6. The van der Waals surface area contributed by atoms with Crippen molar-refractivity contribution in [3.05, 3.63) is 69.8 Å². The molecule has 1 heterocycles. The van der Waals surface area contributed by atoms with Crippen molar-refractivity contribution in [2.75, 3.05) is 20.3 Å². The van der Waals surface area contributed by atoms with Crippen LogP contribution in [0.3, 0.4) is 0 Å². The molecule has 6 nitrogen and oxygen atoms in total. The van der Waals surface area contributed by atoms with E-state index in [0.717, 1.165) is 16.8 Å². The maximum Gasteiger partial charge on any atom is 0.266 e. The third-order valence-corrected chi connectivity index (χ3v) is 5.79. The van der Waals surface area contributed by atoms with E-state index in [1.807, 2.05) is 77.9 Å². The number of para-hydroxylation sites is 1. The van der Waals surface area contributed by atoms with Crippen LogP contribution in [0.4, 0.5) is 0 Å². The van der Waals surface area contributed by atoms with Gasteiger partial charge in [-0.1, -0.05) is 45.0 Å². The standard InChI is InChI=1S/C27H35N3O3/c1-18-12-13-19(2)23(16-18)30-25(28-22-11-9-8-10-21(22)26(30)32)20(3)29(14-15-33-7)24(31)17-27(4,5)6/h8-13,16,20H,14-15,17H2,1-7H3. The van der Waals surface area contributed by atoms with Gasteiger partial charge in [-0.15, -0.1) is 0 Å². The molecule has 0 saturated heterocycles. The van der Waals surface area contributed by atoms with Gasteiger partial charge in [-0.25, -0.2) is 4.98 Å². The van der Waals surface area contributed by atoms with Crippen LogP contribution in [0.15, 0.2) is 47.3 Å². The van der Waals surface area contributed by atoms with E-state index in [2.05, 4.69) is 0 Å². The molecule has 0 fully saturated rings. The normalized spacial score (nSPS) is 12.7. The second kappa shape index (κ2) is 9.87. The molecule has 0 aliphatic carbocycles. The first-order chi connectivity index (χ1) is 15.5. The van der Waals surface area contributed by atoms with Gasteiger partial charge in [0.05, 0.1) is 29.2 Å². The number of ether oxygens (including phenoxy) is 1. The van der Waals surface area contributed by atoms with E-state index >= 15 is 0 Å². The average Bonchev–Trinajstić information content (AvgIpc) is 2.74. The zero-order valence-electron chi connectivity index (χ0n) is 20.8. The Balaban J connectivity index is 2.25. The summed E-state index contributed by atoms with van der Waals surface area (Å²) in [6.45, 7) is 12.9. The minimum absolute atomic E-state index is 0.0157. The quantitative estimate of drug-likeness (QED) is 0.511. The molecule has 1 amide bonds. The van der Waals surface area contributed by atoms with Gasteiger partial charge >= 0.3 is 0 Å². The number of methoxy groups -OCH3 is 1. The van der Waals surface area contributed by atoms with E-state index in [-0.39, 0.29) is 16.9 Å². The first-order valence-corrected chi connectivity index (χ1v) is 11.4. The Kier molecular flexibility index (Phi) is 7.38. The summed E-state index contributed by atoms with van der Waals surface area (Å²) in [6.07, 6.45) is 0.391. The number of benzene rings is 2. The lowest BCUT2D eigenvalue weighted by molar-refractivity contribution is -0.136. The van der Waals surface area contributed by atoms with Crippen molar-refractivity contribution in [2.45, 2.75) is 54.0 Å². The monoisotopic (exact) mass is 449 g/mol. The van der Waals surface area contributed by atoms with Crippen LogP contribution in [-0.2, 0) is 9.53 Å². The Hall–Kier alpha value is -2.99. The van der Waals surface area contributed by atoms with Gasteiger partial charge < -0.3 is 9.64 Å². The number of amides is 1. The molecule has 33 heavy (non-hydrogen) atoms. The van der Waals surface area contributed by atoms with Crippen LogP contribution in [0, 0.1) is 19.3 Å². The van der Waals surface area contributed by atoms with Crippen molar-refractivity contribution in [1.82, 2.24) is 14.5 Å². The summed E-state index contributed by atoms with van der Waals surface area (Å²) in [7, 11) is 1.62. The molecule has 3 aromatic rings. The maximum absolute atomic E-state index is 13.7. The zero-order chi connectivity index (χ0) is 24.3. The van der Waals surface area contributed by atoms with Crippen molar-refractivity contribution in [3.8, 4) is 5.69 Å². The second-order valence-electron chi connectivity index (χ2n) is 9.91. The zero-order valence-corrected chi connectivity index (χ0v) is 20.8. The number of hydrogen-bond acceptors (Lipinski definition) is 4. The first-order valence-electron chi connectivity index (χ1n) is 11.4. The fourth-order valence-corrected chi connectivity index (χ4v) is 4.04. The second-order valence-corrected chi connectivity index (χ2v) is 9.91. The molecule has 176 valence electrons. The molecule has 1 unspecified atom stereocenters. The van der Waals surface area contributed by atoms with Crippen LogP contribution >= 0.6 is 0 Å². The third-order valence-electron chi connectivity index (χ3n) is 5.79. The van der Waals surface area contributed by atoms with Crippen molar-refractivity contribution in [2.24, 2.45) is 5.41 Å². The average molecular weight is 450 g/mol. The fourth-order valence-electron chi connectivity index (χ4n) is 4.04. The van der Waals surface area contributed by atoms with Gasteiger partial charge in [0.15, 0.2) is 0 Å². The summed E-state index contributed by atoms with van der Waals surface area (Å²) >= 11 is 0. The van der Waals surface area contributed by atoms with Gasteiger partial charge in [-0.2, -0.15) is 0 Å². The number of aryl methyl sites for hydroxylation is 2. The molecule has 1 aromatic heterocycles. The molecule has 0 aliphatic rings. The molecule has 0 N–H and O–H groups in total. The number of aromatic nitrogens is 2. The number of fused-ring (bicyclic) bond motifs is 1. The summed E-state index contributed by atoms with van der Waals surface area (Å²) in [4.78, 5) is 33.8. The number of rotatable bonds is 7. The fraction of sp³-hybridized carbons (Fsp3) is 0.444. The Labute approximate surface area is 196 Å². The summed E-state index contributed by atoms with van der Waals surface area (Å²) in [5.41, 5.74) is 3.14. The highest BCUT2D eigenvalue weighted by molar-refractivity contribution is 5.79. The minimum atomic E-state index is -0.424. The molecule has 0 radical (unpaired) electrons. The van der Waals surface area contributed by atoms with Crippen LogP contribution in [0.25, 0.3) is 16.6 Å². The van der Waals surface area contributed by atoms with Gasteiger partial charge in [0.2, 0.25) is 5.91 Å². The van der Waals surface area contributed by atoms with Gasteiger partial charge in [0, 0.05) is 20.1 Å². The molecule has 6 heteroatoms. The predicted molar refractivity (Wildman–Crippen MR) is 133 cm³/mol. The Morgan fingerprint density at radius 3 is 2.52 bits per heavy atom. The van der Waals surface area contributed by atoms with Crippen molar-refractivity contribution >= 4 is 16.8 Å². The SMILES string of the molecule is COCCN(C(=O)CC(C)(C)C)C(C)c1nc2ccccc2c(=O)n1-c1cc(C)ccc1C. The van der Waals surface area contributed by atoms with E-state index in [1.165, 1.54) is 0 Å². The number of nitrogens with zero attached hydrogens (tertiary/aromatic N) is 3. The highest BCUT2D eigenvalue weighted by atomic mass is 16.5. The van der Waals surface area contributed by atoms with E-state index in [4.69, 9.17) is 9.72 Å². The topological polar surface area (TPSA) is 64.4 Å². The van der Waals surface area contributed by atoms with Crippen LogP contribution in [0.2, 0.25) is 0 Å². The smallest absolute Gasteiger partial charge is 0.266 e. The lowest BCUT2D eigenvalue weighted by atomic mass is 9.91. The molecule has 3 rings (SSSR count). The summed E-state index contributed by atoms with van der Waals surface area (Å²) < 4.78 is 6.98. The predicted octanol–water partition coefficient (Wildman–Crippen LogP) is 4.97. The van der Waals surface area contributed by atoms with Crippen LogP contribution < -0.4 is 5.56 Å². The number of carbonyl (C=O) groups excluding carboxylic acids is 1. The van der Waals surface area contributed by atoms with E-state index < -0.39 is 6.04 Å². The summed E-state index contributed by atoms with van der Waals surface area (Å²) in [5.74, 6) is 0.563. The van der Waals surface area contributed by atoms with Crippen LogP contribution in [-0.4, -0.2) is 40.6 Å². The third kappa shape index (κ3) is 5.50. The van der Waals surface area contributed by atoms with Crippen molar-refractivity contribution in [1.29, 1.82) is 0 Å². The van der Waals surface area contributed by atoms with Gasteiger partial charge in [0.25, 0.3) is 5.56 Å². The van der Waals surface area contributed by atoms with E-state index in [9.17, 15) is 9.59 Å². The highest BCUT2D eigenvalue weighted by Gasteiger charge is 2.29. The maximum atomic E-state index is 13.7. The van der Waals surface area contributed by atoms with E-state index in [1.54, 1.807) is 22.6 Å². The van der Waals surface area contributed by atoms with E-state index in [0.29, 0.717) is 36.3 Å². The Morgan fingerprint density at radius 2 is 1.85 bits per heavy atom. The van der Waals surface area contributed by atoms with Crippen LogP contribution in [0.5, 0.6) is 0 Å². The molecule has 0 saturated carbocycles.